The highest BCUT2D eigenvalue weighted by Gasteiger charge is 2.02. The summed E-state index contributed by atoms with van der Waals surface area (Å²) in [5.74, 6) is 0.883. The van der Waals surface area contributed by atoms with Crippen LogP contribution in [0.2, 0.25) is 0 Å². The summed E-state index contributed by atoms with van der Waals surface area (Å²) in [5, 5.41) is 0. The largest absolute Gasteiger partial charge is 0.457 e. The lowest BCUT2D eigenvalue weighted by atomic mass is 10.1. The molecule has 1 nitrogen and oxygen atoms in total. The van der Waals surface area contributed by atoms with Crippen molar-refractivity contribution in [3.63, 3.8) is 0 Å². The minimum Gasteiger partial charge on any atom is -0.457 e. The molecule has 0 unspecified atom stereocenters. The minimum absolute atomic E-state index is 0.304. The molecule has 0 N–H and O–H groups in total. The average molecular weight is 264 g/mol. The van der Waals surface area contributed by atoms with E-state index >= 15 is 0 Å². The number of hydrogen-bond acceptors (Lipinski definition) is 1. The zero-order chi connectivity index (χ0) is 13.8. The number of ether oxygens (including phenoxy) is 1. The Balaban J connectivity index is 1.88. The second kappa shape index (κ2) is 5.57. The Morgan fingerprint density at radius 3 is 2.00 bits per heavy atom. The van der Waals surface area contributed by atoms with Crippen LogP contribution >= 0.6 is 0 Å². The molecule has 0 atom stereocenters. The van der Waals surface area contributed by atoms with Crippen molar-refractivity contribution in [3.05, 3.63) is 84.7 Å². The van der Waals surface area contributed by atoms with Gasteiger partial charge in [0.1, 0.15) is 17.3 Å². The van der Waals surface area contributed by atoms with Crippen LogP contribution in [0.3, 0.4) is 0 Å². The van der Waals surface area contributed by atoms with Crippen LogP contribution < -0.4 is 4.74 Å². The molecule has 0 amide bonds. The normalized spacial score (nSPS) is 10.2. The van der Waals surface area contributed by atoms with Gasteiger partial charge in [-0.1, -0.05) is 48.5 Å². The summed E-state index contributed by atoms with van der Waals surface area (Å²) < 4.78 is 18.8. The van der Waals surface area contributed by atoms with E-state index < -0.39 is 0 Å². The first-order valence-electron chi connectivity index (χ1n) is 6.40. The van der Waals surface area contributed by atoms with Crippen LogP contribution in [0.4, 0.5) is 4.39 Å². The Hall–Kier alpha value is -2.61. The van der Waals surface area contributed by atoms with Crippen molar-refractivity contribution in [1.82, 2.24) is 0 Å². The third kappa shape index (κ3) is 2.86. The fraction of sp³-hybridized carbons (Fsp3) is 0. The topological polar surface area (TPSA) is 9.23 Å². The fourth-order valence-corrected chi connectivity index (χ4v) is 2.04. The van der Waals surface area contributed by atoms with Crippen molar-refractivity contribution in [3.8, 4) is 22.6 Å². The summed E-state index contributed by atoms with van der Waals surface area (Å²) in [6.45, 7) is 0. The van der Waals surface area contributed by atoms with Gasteiger partial charge in [0, 0.05) is 6.07 Å². The molecule has 0 radical (unpaired) electrons. The molecule has 0 aromatic heterocycles. The van der Waals surface area contributed by atoms with Gasteiger partial charge in [0.15, 0.2) is 0 Å². The Morgan fingerprint density at radius 2 is 1.25 bits per heavy atom. The smallest absolute Gasteiger partial charge is 0.130 e. The maximum Gasteiger partial charge on any atom is 0.130 e. The predicted molar refractivity (Wildman–Crippen MR) is 78.4 cm³/mol. The summed E-state index contributed by atoms with van der Waals surface area (Å²) in [6, 6.07) is 23.9. The first-order chi connectivity index (χ1) is 9.81. The van der Waals surface area contributed by atoms with Crippen LogP contribution in [0.1, 0.15) is 0 Å². The average Bonchev–Trinajstić information content (AvgIpc) is 2.48. The van der Waals surface area contributed by atoms with Crippen molar-refractivity contribution in [2.45, 2.75) is 0 Å². The highest BCUT2D eigenvalue weighted by Crippen LogP contribution is 2.27. The second-order valence-electron chi connectivity index (χ2n) is 4.45. The lowest BCUT2D eigenvalue weighted by Gasteiger charge is -2.08. The molecule has 0 saturated carbocycles. The molecular formula is C18H13FO. The number of benzene rings is 3. The molecule has 3 aromatic rings. The zero-order valence-corrected chi connectivity index (χ0v) is 10.8. The van der Waals surface area contributed by atoms with Gasteiger partial charge in [-0.25, -0.2) is 4.39 Å². The standard InChI is InChI=1S/C18H13FO/c19-16-9-5-11-18(13-16)20-17-10-4-8-15(12-17)14-6-2-1-3-7-14/h1-13H. The molecule has 0 saturated heterocycles. The van der Waals surface area contributed by atoms with E-state index in [4.69, 9.17) is 4.74 Å². The van der Waals surface area contributed by atoms with Gasteiger partial charge in [0.25, 0.3) is 0 Å². The SMILES string of the molecule is Fc1cccc(Oc2cccc(-c3ccccc3)c2)c1. The van der Waals surface area contributed by atoms with Gasteiger partial charge >= 0.3 is 0 Å². The van der Waals surface area contributed by atoms with E-state index in [0.717, 1.165) is 11.1 Å². The van der Waals surface area contributed by atoms with E-state index in [-0.39, 0.29) is 5.82 Å². The number of rotatable bonds is 3. The van der Waals surface area contributed by atoms with Crippen LogP contribution in [0.15, 0.2) is 78.9 Å². The zero-order valence-electron chi connectivity index (χ0n) is 10.8. The lowest BCUT2D eigenvalue weighted by molar-refractivity contribution is 0.477. The molecule has 3 rings (SSSR count). The van der Waals surface area contributed by atoms with Gasteiger partial charge in [0.2, 0.25) is 0 Å². The Labute approximate surface area is 117 Å². The highest BCUT2D eigenvalue weighted by molar-refractivity contribution is 5.65. The third-order valence-electron chi connectivity index (χ3n) is 2.97. The van der Waals surface area contributed by atoms with Gasteiger partial charge in [-0.2, -0.15) is 0 Å². The summed E-state index contributed by atoms with van der Waals surface area (Å²) in [4.78, 5) is 0. The quantitative estimate of drug-likeness (QED) is 0.625. The predicted octanol–water partition coefficient (Wildman–Crippen LogP) is 5.29. The van der Waals surface area contributed by atoms with E-state index in [9.17, 15) is 4.39 Å². The molecule has 0 aliphatic heterocycles. The fourth-order valence-electron chi connectivity index (χ4n) is 2.04. The van der Waals surface area contributed by atoms with E-state index in [2.05, 4.69) is 0 Å². The first kappa shape index (κ1) is 12.4. The third-order valence-corrected chi connectivity index (χ3v) is 2.97. The van der Waals surface area contributed by atoms with Gasteiger partial charge in [0.05, 0.1) is 0 Å². The molecule has 98 valence electrons. The number of hydrogen-bond donors (Lipinski definition) is 0. The molecule has 2 heteroatoms. The first-order valence-corrected chi connectivity index (χ1v) is 6.40. The molecular weight excluding hydrogens is 251 g/mol. The molecule has 0 heterocycles. The van der Waals surface area contributed by atoms with E-state index in [1.165, 1.54) is 12.1 Å². The molecule has 0 aliphatic carbocycles. The Morgan fingerprint density at radius 1 is 0.600 bits per heavy atom. The highest BCUT2D eigenvalue weighted by atomic mass is 19.1. The summed E-state index contributed by atoms with van der Waals surface area (Å²) in [6.07, 6.45) is 0. The van der Waals surface area contributed by atoms with Crippen molar-refractivity contribution in [2.75, 3.05) is 0 Å². The van der Waals surface area contributed by atoms with Crippen molar-refractivity contribution >= 4 is 0 Å². The van der Waals surface area contributed by atoms with Crippen molar-refractivity contribution < 1.29 is 9.13 Å². The van der Waals surface area contributed by atoms with E-state index in [0.29, 0.717) is 11.5 Å². The van der Waals surface area contributed by atoms with E-state index in [1.807, 2.05) is 54.6 Å². The van der Waals surface area contributed by atoms with Crippen molar-refractivity contribution in [2.24, 2.45) is 0 Å². The second-order valence-corrected chi connectivity index (χ2v) is 4.45. The van der Waals surface area contributed by atoms with Gasteiger partial charge in [-0.05, 0) is 35.4 Å². The van der Waals surface area contributed by atoms with Crippen LogP contribution in [-0.4, -0.2) is 0 Å². The monoisotopic (exact) mass is 264 g/mol. The summed E-state index contributed by atoms with van der Waals surface area (Å²) in [5.41, 5.74) is 2.19. The van der Waals surface area contributed by atoms with E-state index in [1.54, 1.807) is 12.1 Å². The van der Waals surface area contributed by atoms with Crippen LogP contribution in [-0.2, 0) is 0 Å². The van der Waals surface area contributed by atoms with Crippen LogP contribution in [0.5, 0.6) is 11.5 Å². The molecule has 0 fully saturated rings. The molecule has 20 heavy (non-hydrogen) atoms. The minimum atomic E-state index is -0.304. The molecule has 0 spiro atoms. The lowest BCUT2D eigenvalue weighted by Crippen LogP contribution is -1.86. The maximum atomic E-state index is 13.1. The Kier molecular flexibility index (Phi) is 3.46. The summed E-state index contributed by atoms with van der Waals surface area (Å²) in [7, 11) is 0. The number of halogens is 1. The van der Waals surface area contributed by atoms with Crippen molar-refractivity contribution in [1.29, 1.82) is 0 Å². The maximum absolute atomic E-state index is 13.1. The van der Waals surface area contributed by atoms with Crippen LogP contribution in [0, 0.1) is 5.82 Å². The van der Waals surface area contributed by atoms with Gasteiger partial charge in [-0.3, -0.25) is 0 Å². The molecule has 0 aliphatic rings. The van der Waals surface area contributed by atoms with Gasteiger partial charge < -0.3 is 4.74 Å². The molecule has 3 aromatic carbocycles. The van der Waals surface area contributed by atoms with Gasteiger partial charge in [-0.15, -0.1) is 0 Å². The Bertz CT molecular complexity index is 707. The van der Waals surface area contributed by atoms with Crippen LogP contribution in [0.25, 0.3) is 11.1 Å². The summed E-state index contributed by atoms with van der Waals surface area (Å²) >= 11 is 0. The molecule has 0 bridgehead atoms.